The van der Waals surface area contributed by atoms with E-state index in [9.17, 15) is 15.5 Å². The number of nitrogens with one attached hydrogen (secondary N) is 1. The van der Waals surface area contributed by atoms with Gasteiger partial charge in [0.2, 0.25) is 0 Å². The standard InChI is InChI=1S/C24H29N3O3S/c25-15-23(31-26-16-22-13-21(28)14-24(29)30-22)11-17-4-5-19-12-20(7-6-18(19)10-17)27-8-2-1-3-9-27/h4-7,10-12,21-22,24,26,28-29H,1-3,8-9,13-14,16H2/b23-11+. The van der Waals surface area contributed by atoms with Crippen molar-refractivity contribution in [1.82, 2.24) is 4.72 Å². The number of benzene rings is 2. The van der Waals surface area contributed by atoms with Crippen LogP contribution in [0.4, 0.5) is 5.69 Å². The smallest absolute Gasteiger partial charge is 0.157 e. The third kappa shape index (κ3) is 6.00. The zero-order valence-corrected chi connectivity index (χ0v) is 18.4. The lowest BCUT2D eigenvalue weighted by molar-refractivity contribution is -0.186. The van der Waals surface area contributed by atoms with Crippen molar-refractivity contribution in [3.8, 4) is 6.07 Å². The Morgan fingerprint density at radius 1 is 1.13 bits per heavy atom. The van der Waals surface area contributed by atoms with E-state index in [0.717, 1.165) is 24.0 Å². The van der Waals surface area contributed by atoms with Gasteiger partial charge in [-0.05, 0) is 71.8 Å². The molecule has 2 saturated heterocycles. The third-order valence-electron chi connectivity index (χ3n) is 5.83. The van der Waals surface area contributed by atoms with E-state index in [1.54, 1.807) is 0 Å². The predicted octanol–water partition coefficient (Wildman–Crippen LogP) is 3.79. The summed E-state index contributed by atoms with van der Waals surface area (Å²) in [6.45, 7) is 2.70. The van der Waals surface area contributed by atoms with Crippen LogP contribution in [-0.4, -0.2) is 48.3 Å². The van der Waals surface area contributed by atoms with Crippen molar-refractivity contribution in [3.63, 3.8) is 0 Å². The molecule has 3 N–H and O–H groups in total. The molecule has 0 aliphatic carbocycles. The van der Waals surface area contributed by atoms with Crippen LogP contribution in [0.3, 0.4) is 0 Å². The molecule has 0 saturated carbocycles. The minimum Gasteiger partial charge on any atom is -0.393 e. The summed E-state index contributed by atoms with van der Waals surface area (Å²) < 4.78 is 8.53. The maximum Gasteiger partial charge on any atom is 0.157 e. The fraction of sp³-hybridized carbons (Fsp3) is 0.458. The normalized spacial score (nSPS) is 24.9. The Morgan fingerprint density at radius 3 is 2.68 bits per heavy atom. The van der Waals surface area contributed by atoms with E-state index in [1.165, 1.54) is 42.3 Å². The Morgan fingerprint density at radius 2 is 1.90 bits per heavy atom. The number of rotatable bonds is 6. The van der Waals surface area contributed by atoms with Crippen LogP contribution in [0.1, 0.15) is 37.7 Å². The Bertz CT molecular complexity index is 958. The van der Waals surface area contributed by atoms with E-state index in [1.807, 2.05) is 12.1 Å². The number of hydrogen-bond donors (Lipinski definition) is 3. The topological polar surface area (TPSA) is 88.8 Å². The van der Waals surface area contributed by atoms with Gasteiger partial charge >= 0.3 is 0 Å². The minimum atomic E-state index is -0.931. The number of anilines is 1. The quantitative estimate of drug-likeness (QED) is 0.466. The molecule has 2 heterocycles. The summed E-state index contributed by atoms with van der Waals surface area (Å²) >= 11 is 1.24. The van der Waals surface area contributed by atoms with Crippen LogP contribution in [-0.2, 0) is 4.74 Å². The summed E-state index contributed by atoms with van der Waals surface area (Å²) in [5.74, 6) is 0. The molecule has 2 aliphatic rings. The van der Waals surface area contributed by atoms with Crippen molar-refractivity contribution in [2.45, 2.75) is 50.6 Å². The van der Waals surface area contributed by atoms with Gasteiger partial charge in [0.1, 0.15) is 11.0 Å². The van der Waals surface area contributed by atoms with Crippen LogP contribution >= 0.6 is 11.9 Å². The largest absolute Gasteiger partial charge is 0.393 e. The average Bonchev–Trinajstić information content (AvgIpc) is 2.78. The number of aliphatic hydroxyl groups is 2. The first-order valence-electron chi connectivity index (χ1n) is 10.9. The lowest BCUT2D eigenvalue weighted by Gasteiger charge is -2.30. The van der Waals surface area contributed by atoms with Crippen molar-refractivity contribution in [1.29, 1.82) is 5.26 Å². The molecule has 3 unspecified atom stereocenters. The second-order valence-electron chi connectivity index (χ2n) is 8.25. The first-order valence-corrected chi connectivity index (χ1v) is 11.7. The molecule has 31 heavy (non-hydrogen) atoms. The number of nitriles is 1. The Hall–Kier alpha value is -2.08. The zero-order valence-electron chi connectivity index (χ0n) is 17.5. The molecule has 2 aliphatic heterocycles. The van der Waals surface area contributed by atoms with E-state index < -0.39 is 12.4 Å². The van der Waals surface area contributed by atoms with Crippen molar-refractivity contribution in [3.05, 3.63) is 46.9 Å². The fourth-order valence-corrected chi connectivity index (χ4v) is 4.90. The van der Waals surface area contributed by atoms with Gasteiger partial charge < -0.3 is 19.8 Å². The lowest BCUT2D eigenvalue weighted by Crippen LogP contribution is -2.39. The number of fused-ring (bicyclic) bond motifs is 1. The molecule has 7 heteroatoms. The molecule has 0 bridgehead atoms. The number of aliphatic hydroxyl groups excluding tert-OH is 2. The molecule has 0 aromatic heterocycles. The molecule has 2 fully saturated rings. The van der Waals surface area contributed by atoms with Crippen LogP contribution in [0.2, 0.25) is 0 Å². The van der Waals surface area contributed by atoms with E-state index in [2.05, 4.69) is 46.0 Å². The number of ether oxygens (including phenoxy) is 1. The summed E-state index contributed by atoms with van der Waals surface area (Å²) in [6, 6.07) is 15.1. The van der Waals surface area contributed by atoms with E-state index in [0.29, 0.717) is 17.9 Å². The number of allylic oxidation sites excluding steroid dienone is 1. The Labute approximate surface area is 187 Å². The Kier molecular flexibility index (Phi) is 7.49. The minimum absolute atomic E-state index is 0.245. The molecule has 3 atom stereocenters. The van der Waals surface area contributed by atoms with Gasteiger partial charge in [0.05, 0.1) is 12.2 Å². The van der Waals surface area contributed by atoms with Crippen molar-refractivity contribution >= 4 is 34.5 Å². The van der Waals surface area contributed by atoms with E-state index in [-0.39, 0.29) is 12.5 Å². The van der Waals surface area contributed by atoms with Crippen LogP contribution in [0.5, 0.6) is 0 Å². The fourth-order valence-electron chi connectivity index (χ4n) is 4.24. The third-order valence-corrected chi connectivity index (χ3v) is 6.57. The van der Waals surface area contributed by atoms with E-state index in [4.69, 9.17) is 4.74 Å². The van der Waals surface area contributed by atoms with Crippen LogP contribution in [0.15, 0.2) is 41.3 Å². The molecule has 2 aromatic rings. The second kappa shape index (κ2) is 10.5. The van der Waals surface area contributed by atoms with Crippen molar-refractivity contribution in [2.24, 2.45) is 0 Å². The van der Waals surface area contributed by atoms with Gasteiger partial charge in [-0.2, -0.15) is 5.26 Å². The van der Waals surface area contributed by atoms with Crippen LogP contribution < -0.4 is 9.62 Å². The summed E-state index contributed by atoms with van der Waals surface area (Å²) in [5, 5.41) is 31.2. The monoisotopic (exact) mass is 439 g/mol. The lowest BCUT2D eigenvalue weighted by atomic mass is 10.0. The Balaban J connectivity index is 1.39. The van der Waals surface area contributed by atoms with Gasteiger partial charge in [-0.1, -0.05) is 18.2 Å². The average molecular weight is 440 g/mol. The highest BCUT2D eigenvalue weighted by molar-refractivity contribution is 8.01. The highest BCUT2D eigenvalue weighted by atomic mass is 32.2. The van der Waals surface area contributed by atoms with Gasteiger partial charge in [-0.25, -0.2) is 0 Å². The SMILES string of the molecule is N#C/C(=C\c1ccc2cc(N3CCCCC3)ccc2c1)SNCC1CC(O)CC(O)O1. The summed E-state index contributed by atoms with van der Waals surface area (Å²) in [7, 11) is 0. The molecule has 0 spiro atoms. The second-order valence-corrected chi connectivity index (χ2v) is 9.18. The molecule has 164 valence electrons. The van der Waals surface area contributed by atoms with Crippen LogP contribution in [0, 0.1) is 11.3 Å². The molecule has 0 amide bonds. The van der Waals surface area contributed by atoms with Gasteiger partial charge in [0.15, 0.2) is 6.29 Å². The van der Waals surface area contributed by atoms with Gasteiger partial charge in [-0.3, -0.25) is 4.72 Å². The first kappa shape index (κ1) is 22.1. The number of piperidine rings is 1. The number of nitrogens with zero attached hydrogens (tertiary/aromatic N) is 2. The summed E-state index contributed by atoms with van der Waals surface area (Å²) in [6.07, 6.45) is 4.66. The van der Waals surface area contributed by atoms with Gasteiger partial charge in [0, 0.05) is 38.2 Å². The molecule has 2 aromatic carbocycles. The molecular formula is C24H29N3O3S. The highest BCUT2D eigenvalue weighted by Crippen LogP contribution is 2.27. The number of hydrogen-bond acceptors (Lipinski definition) is 7. The van der Waals surface area contributed by atoms with E-state index >= 15 is 0 Å². The van der Waals surface area contributed by atoms with Gasteiger partial charge in [0.25, 0.3) is 0 Å². The molecule has 6 nitrogen and oxygen atoms in total. The first-order chi connectivity index (χ1) is 15.1. The molecular weight excluding hydrogens is 410 g/mol. The summed E-state index contributed by atoms with van der Waals surface area (Å²) in [5.41, 5.74) is 2.26. The zero-order chi connectivity index (χ0) is 21.6. The maximum atomic E-state index is 9.74. The van der Waals surface area contributed by atoms with Crippen molar-refractivity contribution < 1.29 is 14.9 Å². The predicted molar refractivity (Wildman–Crippen MR) is 125 cm³/mol. The summed E-state index contributed by atoms with van der Waals surface area (Å²) in [4.78, 5) is 3.00. The van der Waals surface area contributed by atoms with Gasteiger partial charge in [-0.15, -0.1) is 0 Å². The van der Waals surface area contributed by atoms with Crippen LogP contribution in [0.25, 0.3) is 16.8 Å². The highest BCUT2D eigenvalue weighted by Gasteiger charge is 2.26. The maximum absolute atomic E-state index is 9.74. The van der Waals surface area contributed by atoms with Crippen molar-refractivity contribution in [2.75, 3.05) is 24.5 Å². The molecule has 0 radical (unpaired) electrons. The molecule has 4 rings (SSSR count).